The lowest BCUT2D eigenvalue weighted by Gasteiger charge is -2.32. The number of hydrogen-bond acceptors (Lipinski definition) is 4. The smallest absolute Gasteiger partial charge is 0.272 e. The zero-order valence-electron chi connectivity index (χ0n) is 18.4. The standard InChI is InChI=1S/C25H29N3O3/c1-27-23(17-22(26-27)21-10-9-20(30-2)16-24(21)31-3)25(29)28-13-11-19(12-14-28)15-18-7-5-4-6-8-18/h4-10,16-17,19H,11-15H2,1-3H3. The summed E-state index contributed by atoms with van der Waals surface area (Å²) in [4.78, 5) is 15.2. The van der Waals surface area contributed by atoms with Crippen molar-refractivity contribution < 1.29 is 14.3 Å². The van der Waals surface area contributed by atoms with Crippen LogP contribution in [0.25, 0.3) is 11.3 Å². The summed E-state index contributed by atoms with van der Waals surface area (Å²) in [7, 11) is 5.05. The molecule has 0 bridgehead atoms. The first-order valence-corrected chi connectivity index (χ1v) is 10.7. The molecule has 0 N–H and O–H groups in total. The van der Waals surface area contributed by atoms with E-state index in [0.29, 0.717) is 28.8 Å². The van der Waals surface area contributed by atoms with E-state index >= 15 is 0 Å². The number of aromatic nitrogens is 2. The van der Waals surface area contributed by atoms with Gasteiger partial charge in [-0.15, -0.1) is 0 Å². The van der Waals surface area contributed by atoms with Gasteiger partial charge in [-0.1, -0.05) is 30.3 Å². The van der Waals surface area contributed by atoms with Crippen LogP contribution in [0.15, 0.2) is 54.6 Å². The van der Waals surface area contributed by atoms with E-state index in [2.05, 4.69) is 35.4 Å². The third-order valence-electron chi connectivity index (χ3n) is 6.05. The Morgan fingerprint density at radius 3 is 2.45 bits per heavy atom. The van der Waals surface area contributed by atoms with Crippen LogP contribution in [0.1, 0.15) is 28.9 Å². The molecule has 0 saturated carbocycles. The van der Waals surface area contributed by atoms with Gasteiger partial charge in [0.05, 0.1) is 19.9 Å². The molecule has 1 aliphatic rings. The molecule has 0 radical (unpaired) electrons. The van der Waals surface area contributed by atoms with Gasteiger partial charge in [0, 0.05) is 31.8 Å². The summed E-state index contributed by atoms with van der Waals surface area (Å²) in [6.07, 6.45) is 3.13. The van der Waals surface area contributed by atoms with E-state index in [4.69, 9.17) is 9.47 Å². The van der Waals surface area contributed by atoms with Crippen molar-refractivity contribution in [1.29, 1.82) is 0 Å². The van der Waals surface area contributed by atoms with Gasteiger partial charge >= 0.3 is 0 Å². The van der Waals surface area contributed by atoms with Crippen LogP contribution in [0.5, 0.6) is 11.5 Å². The second-order valence-corrected chi connectivity index (χ2v) is 8.03. The second-order valence-electron chi connectivity index (χ2n) is 8.03. The Balaban J connectivity index is 1.45. The summed E-state index contributed by atoms with van der Waals surface area (Å²) < 4.78 is 12.4. The number of benzene rings is 2. The van der Waals surface area contributed by atoms with Gasteiger partial charge in [0.15, 0.2) is 0 Å². The quantitative estimate of drug-likeness (QED) is 0.601. The lowest BCUT2D eigenvalue weighted by molar-refractivity contribution is 0.0679. The Bertz CT molecular complexity index is 1040. The highest BCUT2D eigenvalue weighted by Crippen LogP contribution is 2.33. The number of aryl methyl sites for hydroxylation is 1. The van der Waals surface area contributed by atoms with Gasteiger partial charge in [-0.3, -0.25) is 9.48 Å². The van der Waals surface area contributed by atoms with Crippen molar-refractivity contribution in [3.8, 4) is 22.8 Å². The minimum Gasteiger partial charge on any atom is -0.497 e. The number of amides is 1. The molecule has 6 nitrogen and oxygen atoms in total. The summed E-state index contributed by atoms with van der Waals surface area (Å²) in [5, 5.41) is 4.58. The summed E-state index contributed by atoms with van der Waals surface area (Å²) in [5.41, 5.74) is 3.51. The Morgan fingerprint density at radius 1 is 1.03 bits per heavy atom. The fourth-order valence-corrected chi connectivity index (χ4v) is 4.26. The zero-order chi connectivity index (χ0) is 21.8. The number of nitrogens with zero attached hydrogens (tertiary/aromatic N) is 3. The predicted molar refractivity (Wildman–Crippen MR) is 121 cm³/mol. The van der Waals surface area contributed by atoms with Crippen molar-refractivity contribution >= 4 is 5.91 Å². The average molecular weight is 420 g/mol. The molecule has 0 unspecified atom stereocenters. The highest BCUT2D eigenvalue weighted by molar-refractivity contribution is 5.94. The zero-order valence-corrected chi connectivity index (χ0v) is 18.4. The van der Waals surface area contributed by atoms with E-state index < -0.39 is 0 Å². The number of rotatable bonds is 6. The van der Waals surface area contributed by atoms with Crippen LogP contribution in [-0.2, 0) is 13.5 Å². The van der Waals surface area contributed by atoms with Gasteiger partial charge in [-0.2, -0.15) is 5.10 Å². The van der Waals surface area contributed by atoms with Crippen LogP contribution in [0.4, 0.5) is 0 Å². The highest BCUT2D eigenvalue weighted by Gasteiger charge is 2.26. The van der Waals surface area contributed by atoms with E-state index in [0.717, 1.165) is 37.9 Å². The van der Waals surface area contributed by atoms with Crippen molar-refractivity contribution in [2.45, 2.75) is 19.3 Å². The molecule has 31 heavy (non-hydrogen) atoms. The average Bonchev–Trinajstić information content (AvgIpc) is 3.20. The van der Waals surface area contributed by atoms with Gasteiger partial charge < -0.3 is 14.4 Å². The number of carbonyl (C=O) groups is 1. The normalized spacial score (nSPS) is 14.5. The summed E-state index contributed by atoms with van der Waals surface area (Å²) in [6, 6.07) is 18.0. The molecule has 0 aliphatic carbocycles. The largest absolute Gasteiger partial charge is 0.497 e. The maximum atomic E-state index is 13.2. The Kier molecular flexibility index (Phi) is 6.26. The first kappa shape index (κ1) is 21.0. The number of piperidine rings is 1. The molecular weight excluding hydrogens is 390 g/mol. The third-order valence-corrected chi connectivity index (χ3v) is 6.05. The molecule has 1 saturated heterocycles. The third kappa shape index (κ3) is 4.58. The fraction of sp³-hybridized carbons (Fsp3) is 0.360. The van der Waals surface area contributed by atoms with Gasteiger partial charge in [-0.25, -0.2) is 0 Å². The molecule has 4 rings (SSSR count). The monoisotopic (exact) mass is 419 g/mol. The van der Waals surface area contributed by atoms with E-state index in [1.54, 1.807) is 18.9 Å². The maximum absolute atomic E-state index is 13.2. The molecule has 1 fully saturated rings. The van der Waals surface area contributed by atoms with Crippen LogP contribution in [0.3, 0.4) is 0 Å². The summed E-state index contributed by atoms with van der Waals surface area (Å²) in [5.74, 6) is 2.04. The topological polar surface area (TPSA) is 56.6 Å². The Labute approximate surface area is 183 Å². The lowest BCUT2D eigenvalue weighted by atomic mass is 9.90. The molecule has 1 aliphatic heterocycles. The van der Waals surface area contributed by atoms with Crippen molar-refractivity contribution in [3.05, 3.63) is 65.9 Å². The van der Waals surface area contributed by atoms with E-state index in [1.165, 1.54) is 5.56 Å². The molecule has 1 aromatic heterocycles. The molecule has 0 spiro atoms. The first-order chi connectivity index (χ1) is 15.1. The first-order valence-electron chi connectivity index (χ1n) is 10.7. The van der Waals surface area contributed by atoms with E-state index in [-0.39, 0.29) is 5.91 Å². The van der Waals surface area contributed by atoms with Crippen LogP contribution >= 0.6 is 0 Å². The summed E-state index contributed by atoms with van der Waals surface area (Å²) in [6.45, 7) is 1.56. The van der Waals surface area contributed by atoms with Gasteiger partial charge in [-0.05, 0) is 48.9 Å². The lowest BCUT2D eigenvalue weighted by Crippen LogP contribution is -2.39. The maximum Gasteiger partial charge on any atom is 0.272 e. The number of ether oxygens (including phenoxy) is 2. The number of likely N-dealkylation sites (tertiary alicyclic amines) is 1. The van der Waals surface area contributed by atoms with Gasteiger partial charge in [0.2, 0.25) is 0 Å². The second kappa shape index (κ2) is 9.25. The highest BCUT2D eigenvalue weighted by atomic mass is 16.5. The number of hydrogen-bond donors (Lipinski definition) is 0. The van der Waals surface area contributed by atoms with Crippen molar-refractivity contribution in [2.24, 2.45) is 13.0 Å². The minimum atomic E-state index is 0.0342. The van der Waals surface area contributed by atoms with Crippen LogP contribution in [0, 0.1) is 5.92 Å². The number of carbonyl (C=O) groups excluding carboxylic acids is 1. The molecule has 1 amide bonds. The van der Waals surface area contributed by atoms with Crippen molar-refractivity contribution in [1.82, 2.24) is 14.7 Å². The molecule has 0 atom stereocenters. The van der Waals surface area contributed by atoms with Gasteiger partial charge in [0.1, 0.15) is 17.2 Å². The molecule has 6 heteroatoms. The minimum absolute atomic E-state index is 0.0342. The molecule has 2 heterocycles. The van der Waals surface area contributed by atoms with Crippen LogP contribution in [-0.4, -0.2) is 47.9 Å². The SMILES string of the molecule is COc1ccc(-c2cc(C(=O)N3CCC(Cc4ccccc4)CC3)n(C)n2)c(OC)c1. The van der Waals surface area contributed by atoms with Gasteiger partial charge in [0.25, 0.3) is 5.91 Å². The molecule has 162 valence electrons. The molecule has 2 aromatic carbocycles. The fourth-order valence-electron chi connectivity index (χ4n) is 4.26. The molecular formula is C25H29N3O3. The van der Waals surface area contributed by atoms with E-state index in [1.807, 2.05) is 36.2 Å². The van der Waals surface area contributed by atoms with Crippen molar-refractivity contribution in [2.75, 3.05) is 27.3 Å². The predicted octanol–water partition coefficient (Wildman–Crippen LogP) is 4.20. The Morgan fingerprint density at radius 2 is 1.77 bits per heavy atom. The van der Waals surface area contributed by atoms with E-state index in [9.17, 15) is 4.79 Å². The van der Waals surface area contributed by atoms with Crippen LogP contribution < -0.4 is 9.47 Å². The summed E-state index contributed by atoms with van der Waals surface area (Å²) >= 11 is 0. The Hall–Kier alpha value is -3.28. The van der Waals surface area contributed by atoms with Crippen LogP contribution in [0.2, 0.25) is 0 Å². The molecule has 3 aromatic rings. The van der Waals surface area contributed by atoms with Crippen molar-refractivity contribution in [3.63, 3.8) is 0 Å². The number of methoxy groups -OCH3 is 2.